The van der Waals surface area contributed by atoms with E-state index in [1.165, 1.54) is 5.56 Å². The highest BCUT2D eigenvalue weighted by molar-refractivity contribution is 6.17. The van der Waals surface area contributed by atoms with E-state index in [2.05, 4.69) is 48.0 Å². The average Bonchev–Trinajstić information content (AvgIpc) is 2.84. The monoisotopic (exact) mass is 429 g/mol. The fourth-order valence-electron chi connectivity index (χ4n) is 3.29. The van der Waals surface area contributed by atoms with Crippen LogP contribution in [0.25, 0.3) is 16.8 Å². The minimum atomic E-state index is 0.0370. The zero-order valence-corrected chi connectivity index (χ0v) is 19.0. The lowest BCUT2D eigenvalue weighted by atomic mass is 9.97. The van der Waals surface area contributed by atoms with Gasteiger partial charge in [-0.2, -0.15) is 0 Å². The lowest BCUT2D eigenvalue weighted by molar-refractivity contribution is -0.113. The summed E-state index contributed by atoms with van der Waals surface area (Å²) in [6.07, 6.45) is 9.31. The molecule has 1 aliphatic rings. The van der Waals surface area contributed by atoms with Gasteiger partial charge in [0.1, 0.15) is 0 Å². The molecule has 32 heavy (non-hydrogen) atoms. The maximum absolute atomic E-state index is 11.8. The van der Waals surface area contributed by atoms with E-state index in [4.69, 9.17) is 10.2 Å². The molecule has 0 radical (unpaired) electrons. The van der Waals surface area contributed by atoms with E-state index in [1.54, 1.807) is 6.92 Å². The van der Waals surface area contributed by atoms with Gasteiger partial charge >= 0.3 is 0 Å². The molecular formula is C28H31NO3. The lowest BCUT2D eigenvalue weighted by Crippen LogP contribution is -2.07. The number of benzene rings is 2. The van der Waals surface area contributed by atoms with Gasteiger partial charge in [-0.3, -0.25) is 4.79 Å². The molecule has 1 aliphatic carbocycles. The van der Waals surface area contributed by atoms with Crippen LogP contribution in [-0.2, 0) is 11.2 Å². The number of allylic oxidation sites excluding steroid dienone is 6. The molecule has 3 rings (SSSR count). The van der Waals surface area contributed by atoms with Crippen LogP contribution in [0.2, 0.25) is 0 Å². The molecular weight excluding hydrogens is 398 g/mol. The first-order chi connectivity index (χ1) is 15.5. The minimum Gasteiger partial charge on any atom is -0.400 e. The van der Waals surface area contributed by atoms with Crippen LogP contribution < -0.4 is 0 Å². The summed E-state index contributed by atoms with van der Waals surface area (Å²) in [5.41, 5.74) is 7.38. The number of hydrogen-bond acceptors (Lipinski definition) is 4. The quantitative estimate of drug-likeness (QED) is 0.585. The summed E-state index contributed by atoms with van der Waals surface area (Å²) in [6.45, 7) is 7.74. The van der Waals surface area contributed by atoms with Crippen molar-refractivity contribution >= 4 is 17.2 Å². The van der Waals surface area contributed by atoms with Gasteiger partial charge in [-0.1, -0.05) is 73.3 Å². The molecule has 166 valence electrons. The SMILES string of the molecule is C=C(N=C1C=CC=C/C1=C(/C)C(C)=O)c1ccc(-c2ccc(CCCO)cc2)cc1.CO. The van der Waals surface area contributed by atoms with Gasteiger partial charge in [0.05, 0.1) is 11.4 Å². The Morgan fingerprint density at radius 2 is 1.47 bits per heavy atom. The number of aliphatic hydroxyl groups excluding tert-OH is 2. The molecule has 0 amide bonds. The zero-order chi connectivity index (χ0) is 23.5. The molecule has 0 aliphatic heterocycles. The Labute approximate surface area is 190 Å². The molecule has 0 aromatic heterocycles. The maximum atomic E-state index is 11.8. The number of carbonyl (C=O) groups is 1. The second-order valence-electron chi connectivity index (χ2n) is 7.36. The van der Waals surface area contributed by atoms with Gasteiger partial charge in [-0.25, -0.2) is 4.99 Å². The Bertz CT molecular complexity index is 1050. The minimum absolute atomic E-state index is 0.0370. The van der Waals surface area contributed by atoms with Crippen LogP contribution >= 0.6 is 0 Å². The Kier molecular flexibility index (Phi) is 9.74. The molecule has 4 nitrogen and oxygen atoms in total. The molecule has 0 bridgehead atoms. The Balaban J connectivity index is 0.00000176. The number of rotatable bonds is 7. The van der Waals surface area contributed by atoms with Crippen LogP contribution in [0.5, 0.6) is 0 Å². The van der Waals surface area contributed by atoms with Gasteiger partial charge in [0.15, 0.2) is 5.78 Å². The molecule has 2 aromatic carbocycles. The third-order valence-corrected chi connectivity index (χ3v) is 5.22. The summed E-state index contributed by atoms with van der Waals surface area (Å²) < 4.78 is 0. The van der Waals surface area contributed by atoms with Crippen LogP contribution in [0.4, 0.5) is 0 Å². The predicted molar refractivity (Wildman–Crippen MR) is 134 cm³/mol. The number of Topliss-reactive ketones (excluding diaryl/α,β-unsaturated/α-hetero) is 1. The van der Waals surface area contributed by atoms with Crippen molar-refractivity contribution < 1.29 is 15.0 Å². The molecule has 2 aromatic rings. The van der Waals surface area contributed by atoms with Crippen LogP contribution in [-0.4, -0.2) is 35.4 Å². The normalized spacial score (nSPS) is 15.2. The predicted octanol–water partition coefficient (Wildman–Crippen LogP) is 5.33. The van der Waals surface area contributed by atoms with Crippen molar-refractivity contribution in [3.05, 3.63) is 102 Å². The number of aliphatic hydroxyl groups is 2. The highest BCUT2D eigenvalue weighted by Crippen LogP contribution is 2.25. The number of nitrogens with zero attached hydrogens (tertiary/aromatic N) is 1. The van der Waals surface area contributed by atoms with Crippen molar-refractivity contribution in [1.82, 2.24) is 0 Å². The molecule has 4 heteroatoms. The van der Waals surface area contributed by atoms with E-state index >= 15 is 0 Å². The van der Waals surface area contributed by atoms with Gasteiger partial charge in [0, 0.05) is 24.9 Å². The molecule has 0 unspecified atom stereocenters. The summed E-state index contributed by atoms with van der Waals surface area (Å²) in [7, 11) is 1.00. The average molecular weight is 430 g/mol. The van der Waals surface area contributed by atoms with E-state index in [-0.39, 0.29) is 12.4 Å². The Morgan fingerprint density at radius 1 is 0.906 bits per heavy atom. The van der Waals surface area contributed by atoms with Gasteiger partial charge in [-0.05, 0) is 55.0 Å². The molecule has 2 N–H and O–H groups in total. The first-order valence-electron chi connectivity index (χ1n) is 10.6. The highest BCUT2D eigenvalue weighted by Gasteiger charge is 2.12. The fourth-order valence-corrected chi connectivity index (χ4v) is 3.29. The third-order valence-electron chi connectivity index (χ3n) is 5.22. The summed E-state index contributed by atoms with van der Waals surface area (Å²) in [5, 5.41) is 16.0. The van der Waals surface area contributed by atoms with Gasteiger partial charge in [0.25, 0.3) is 0 Å². The van der Waals surface area contributed by atoms with Gasteiger partial charge in [0.2, 0.25) is 0 Å². The lowest BCUT2D eigenvalue weighted by Gasteiger charge is -2.11. The largest absolute Gasteiger partial charge is 0.400 e. The van der Waals surface area contributed by atoms with E-state index in [0.717, 1.165) is 47.9 Å². The summed E-state index contributed by atoms with van der Waals surface area (Å²) in [4.78, 5) is 16.5. The second kappa shape index (κ2) is 12.5. The second-order valence-corrected chi connectivity index (χ2v) is 7.36. The standard InChI is InChI=1S/C27H27NO2.CH4O/c1-19(21(3)30)26-8-4-5-9-27(26)28-20(2)23-14-16-25(17-15-23)24-12-10-22(11-13-24)7-6-18-29;1-2/h4-5,8-17,29H,2,6-7,18H2,1,3H3;2H,1H3/b26-19+,28-27?;. The first kappa shape index (κ1) is 24.9. The molecule has 0 saturated heterocycles. The smallest absolute Gasteiger partial charge is 0.156 e. The van der Waals surface area contributed by atoms with Crippen molar-refractivity contribution in [2.24, 2.45) is 4.99 Å². The van der Waals surface area contributed by atoms with E-state index < -0.39 is 0 Å². The van der Waals surface area contributed by atoms with Crippen molar-refractivity contribution in [3.8, 4) is 11.1 Å². The number of aliphatic imine (C=N–C) groups is 1. The van der Waals surface area contributed by atoms with Crippen LogP contribution in [0.3, 0.4) is 0 Å². The molecule has 0 spiro atoms. The van der Waals surface area contributed by atoms with Crippen molar-refractivity contribution in [2.75, 3.05) is 13.7 Å². The van der Waals surface area contributed by atoms with Crippen LogP contribution in [0, 0.1) is 0 Å². The van der Waals surface area contributed by atoms with Crippen LogP contribution in [0.1, 0.15) is 31.4 Å². The zero-order valence-electron chi connectivity index (χ0n) is 19.0. The summed E-state index contributed by atoms with van der Waals surface area (Å²) in [5.74, 6) is 0.0370. The number of ketones is 1. The Morgan fingerprint density at radius 3 is 2.03 bits per heavy atom. The number of hydrogen-bond donors (Lipinski definition) is 2. The van der Waals surface area contributed by atoms with E-state index in [0.29, 0.717) is 11.3 Å². The van der Waals surface area contributed by atoms with Crippen molar-refractivity contribution in [2.45, 2.75) is 26.7 Å². The first-order valence-corrected chi connectivity index (χ1v) is 10.6. The van der Waals surface area contributed by atoms with Gasteiger partial charge < -0.3 is 10.2 Å². The van der Waals surface area contributed by atoms with E-state index in [9.17, 15) is 4.79 Å². The Hall–Kier alpha value is -3.34. The topological polar surface area (TPSA) is 69.9 Å². The number of carbonyl (C=O) groups excluding carboxylic acids is 1. The van der Waals surface area contributed by atoms with Crippen molar-refractivity contribution in [3.63, 3.8) is 0 Å². The number of aryl methyl sites for hydroxylation is 1. The fraction of sp³-hybridized carbons (Fsp3) is 0.214. The molecule has 0 atom stereocenters. The van der Waals surface area contributed by atoms with Gasteiger partial charge in [-0.15, -0.1) is 0 Å². The highest BCUT2D eigenvalue weighted by atomic mass is 16.3. The molecule has 0 saturated carbocycles. The van der Waals surface area contributed by atoms with Crippen molar-refractivity contribution in [1.29, 1.82) is 0 Å². The van der Waals surface area contributed by atoms with Crippen LogP contribution in [0.15, 0.2) is 95.6 Å². The third kappa shape index (κ3) is 6.58. The maximum Gasteiger partial charge on any atom is 0.156 e. The van der Waals surface area contributed by atoms with E-state index in [1.807, 2.05) is 43.4 Å². The summed E-state index contributed by atoms with van der Waals surface area (Å²) in [6, 6.07) is 16.6. The summed E-state index contributed by atoms with van der Waals surface area (Å²) >= 11 is 0. The molecule has 0 fully saturated rings. The molecule has 0 heterocycles.